The van der Waals surface area contributed by atoms with Crippen molar-refractivity contribution >= 4 is 34.5 Å². The number of alkyl halides is 1. The quantitative estimate of drug-likeness (QED) is 0.725. The predicted molar refractivity (Wildman–Crippen MR) is 63.9 cm³/mol. The Bertz CT molecular complexity index is 365. The molecule has 4 heteroatoms. The van der Waals surface area contributed by atoms with E-state index in [1.165, 1.54) is 17.7 Å². The number of ether oxygens (including phenoxy) is 1. The standard InChI is InChI=1S/C11H12Cl2OS/c12-10-4-3-9(15-10)11(13)7-5-6-1-2-8(7)14-6/h3-4,6-8,11H,1-2,5H2. The van der Waals surface area contributed by atoms with Crippen LogP contribution >= 0.6 is 34.5 Å². The molecule has 1 nitrogen and oxygen atoms in total. The van der Waals surface area contributed by atoms with Gasteiger partial charge in [-0.25, -0.2) is 0 Å². The van der Waals surface area contributed by atoms with Gasteiger partial charge >= 0.3 is 0 Å². The Kier molecular flexibility index (Phi) is 2.72. The van der Waals surface area contributed by atoms with Gasteiger partial charge in [0.15, 0.2) is 0 Å². The number of fused-ring (bicyclic) bond motifs is 2. The van der Waals surface area contributed by atoms with Crippen LogP contribution < -0.4 is 0 Å². The molecular weight excluding hydrogens is 251 g/mol. The fraction of sp³-hybridized carbons (Fsp3) is 0.636. The molecule has 1 aromatic rings. The number of thiophene rings is 1. The first kappa shape index (κ1) is 10.4. The molecular formula is C11H12Cl2OS. The number of hydrogen-bond donors (Lipinski definition) is 0. The molecule has 1 aromatic heterocycles. The van der Waals surface area contributed by atoms with Gasteiger partial charge in [0.1, 0.15) is 0 Å². The van der Waals surface area contributed by atoms with Crippen molar-refractivity contribution in [3.63, 3.8) is 0 Å². The maximum absolute atomic E-state index is 6.49. The molecule has 2 aliphatic heterocycles. The summed E-state index contributed by atoms with van der Waals surface area (Å²) >= 11 is 14.0. The molecule has 0 saturated carbocycles. The second-order valence-corrected chi connectivity index (χ2v) is 6.53. The lowest BCUT2D eigenvalue weighted by Crippen LogP contribution is -2.20. The summed E-state index contributed by atoms with van der Waals surface area (Å²) in [5, 5.41) is 0.0813. The molecule has 2 aliphatic rings. The summed E-state index contributed by atoms with van der Waals surface area (Å²) in [7, 11) is 0. The highest BCUT2D eigenvalue weighted by Gasteiger charge is 2.44. The van der Waals surface area contributed by atoms with Crippen molar-refractivity contribution in [1.82, 2.24) is 0 Å². The number of halogens is 2. The van der Waals surface area contributed by atoms with Crippen LogP contribution in [0.3, 0.4) is 0 Å². The van der Waals surface area contributed by atoms with Gasteiger partial charge in [-0.05, 0) is 31.4 Å². The lowest BCUT2D eigenvalue weighted by atomic mass is 9.86. The van der Waals surface area contributed by atoms with Gasteiger partial charge in [-0.15, -0.1) is 22.9 Å². The minimum atomic E-state index is 0.0813. The van der Waals surface area contributed by atoms with Gasteiger partial charge < -0.3 is 4.74 Å². The Balaban J connectivity index is 1.77. The lowest BCUT2D eigenvalue weighted by Gasteiger charge is -2.22. The molecule has 2 saturated heterocycles. The Hall–Kier alpha value is 0.240. The van der Waals surface area contributed by atoms with Crippen LogP contribution in [-0.2, 0) is 4.74 Å². The second kappa shape index (κ2) is 3.92. The molecule has 0 aromatic carbocycles. The molecule has 2 fully saturated rings. The summed E-state index contributed by atoms with van der Waals surface area (Å²) in [4.78, 5) is 1.18. The van der Waals surface area contributed by atoms with Gasteiger partial charge in [0, 0.05) is 10.8 Å². The van der Waals surface area contributed by atoms with Crippen LogP contribution in [0.2, 0.25) is 4.34 Å². The second-order valence-electron chi connectivity index (χ2n) is 4.32. The average molecular weight is 263 g/mol. The molecule has 0 amide bonds. The van der Waals surface area contributed by atoms with E-state index in [4.69, 9.17) is 27.9 Å². The summed E-state index contributed by atoms with van der Waals surface area (Å²) in [6.45, 7) is 0. The van der Waals surface area contributed by atoms with E-state index in [0.29, 0.717) is 18.1 Å². The van der Waals surface area contributed by atoms with Crippen LogP contribution in [0, 0.1) is 5.92 Å². The van der Waals surface area contributed by atoms with Crippen molar-refractivity contribution in [1.29, 1.82) is 0 Å². The van der Waals surface area contributed by atoms with Gasteiger partial charge in [0.2, 0.25) is 0 Å². The third-order valence-corrected chi connectivity index (χ3v) is 5.40. The van der Waals surface area contributed by atoms with Crippen molar-refractivity contribution < 1.29 is 4.74 Å². The molecule has 3 rings (SSSR count). The molecule has 3 heterocycles. The van der Waals surface area contributed by atoms with Crippen LogP contribution in [0.15, 0.2) is 12.1 Å². The summed E-state index contributed by atoms with van der Waals surface area (Å²) in [5.41, 5.74) is 0. The Morgan fingerprint density at radius 3 is 2.80 bits per heavy atom. The average Bonchev–Trinajstić information content (AvgIpc) is 2.90. The SMILES string of the molecule is Clc1ccc(C(Cl)C2CC3CCC2O3)s1. The maximum Gasteiger partial charge on any atom is 0.0931 e. The zero-order valence-corrected chi connectivity index (χ0v) is 10.5. The largest absolute Gasteiger partial charge is 0.375 e. The molecule has 0 spiro atoms. The van der Waals surface area contributed by atoms with Crippen molar-refractivity contribution in [2.24, 2.45) is 5.92 Å². The number of hydrogen-bond acceptors (Lipinski definition) is 2. The predicted octanol–water partition coefficient (Wildman–Crippen LogP) is 4.25. The van der Waals surface area contributed by atoms with E-state index in [9.17, 15) is 0 Å². The van der Waals surface area contributed by atoms with E-state index in [1.807, 2.05) is 12.1 Å². The lowest BCUT2D eigenvalue weighted by molar-refractivity contribution is 0.0920. The highest BCUT2D eigenvalue weighted by atomic mass is 35.5. The van der Waals surface area contributed by atoms with Gasteiger partial charge in [-0.1, -0.05) is 11.6 Å². The molecule has 4 unspecified atom stereocenters. The zero-order chi connectivity index (χ0) is 10.4. The molecule has 0 N–H and O–H groups in total. The van der Waals surface area contributed by atoms with Crippen molar-refractivity contribution in [2.45, 2.75) is 36.8 Å². The first-order valence-electron chi connectivity index (χ1n) is 5.29. The van der Waals surface area contributed by atoms with Gasteiger partial charge in [0.25, 0.3) is 0 Å². The van der Waals surface area contributed by atoms with Crippen molar-refractivity contribution in [3.05, 3.63) is 21.3 Å². The third-order valence-electron chi connectivity index (χ3n) is 3.39. The van der Waals surface area contributed by atoms with E-state index < -0.39 is 0 Å². The summed E-state index contributed by atoms with van der Waals surface area (Å²) < 4.78 is 6.64. The Labute approximate surface area is 103 Å². The van der Waals surface area contributed by atoms with Crippen molar-refractivity contribution in [3.8, 4) is 0 Å². The highest BCUT2D eigenvalue weighted by molar-refractivity contribution is 7.16. The topological polar surface area (TPSA) is 9.23 Å². The minimum absolute atomic E-state index is 0.0813. The molecule has 0 radical (unpaired) electrons. The van der Waals surface area contributed by atoms with E-state index in [1.54, 1.807) is 11.3 Å². The minimum Gasteiger partial charge on any atom is -0.375 e. The number of rotatable bonds is 2. The Morgan fingerprint density at radius 1 is 1.40 bits per heavy atom. The van der Waals surface area contributed by atoms with Crippen LogP contribution in [0.25, 0.3) is 0 Å². The molecule has 4 atom stereocenters. The molecule has 82 valence electrons. The third kappa shape index (κ3) is 1.82. The fourth-order valence-electron chi connectivity index (χ4n) is 2.67. The van der Waals surface area contributed by atoms with Gasteiger partial charge in [-0.2, -0.15) is 0 Å². The van der Waals surface area contributed by atoms with Gasteiger partial charge in [-0.3, -0.25) is 0 Å². The Morgan fingerprint density at radius 2 is 2.27 bits per heavy atom. The van der Waals surface area contributed by atoms with Crippen LogP contribution in [0.5, 0.6) is 0 Å². The summed E-state index contributed by atoms with van der Waals surface area (Å²) in [5.74, 6) is 0.486. The van der Waals surface area contributed by atoms with Gasteiger partial charge in [0.05, 0.1) is 21.9 Å². The monoisotopic (exact) mass is 262 g/mol. The van der Waals surface area contributed by atoms with E-state index in [0.717, 1.165) is 10.8 Å². The van der Waals surface area contributed by atoms with E-state index in [2.05, 4.69) is 0 Å². The van der Waals surface area contributed by atoms with Crippen LogP contribution in [0.4, 0.5) is 0 Å². The molecule has 15 heavy (non-hydrogen) atoms. The summed E-state index contributed by atoms with van der Waals surface area (Å²) in [6, 6.07) is 3.96. The van der Waals surface area contributed by atoms with Crippen LogP contribution in [-0.4, -0.2) is 12.2 Å². The fourth-order valence-corrected chi connectivity index (χ4v) is 4.26. The summed E-state index contributed by atoms with van der Waals surface area (Å²) in [6.07, 6.45) is 4.37. The smallest absolute Gasteiger partial charge is 0.0931 e. The zero-order valence-electron chi connectivity index (χ0n) is 8.16. The molecule has 2 bridgehead atoms. The highest BCUT2D eigenvalue weighted by Crippen LogP contribution is 2.48. The van der Waals surface area contributed by atoms with Crippen LogP contribution in [0.1, 0.15) is 29.5 Å². The normalized spacial score (nSPS) is 36.0. The molecule has 0 aliphatic carbocycles. The van der Waals surface area contributed by atoms with E-state index >= 15 is 0 Å². The first-order valence-corrected chi connectivity index (χ1v) is 6.92. The first-order chi connectivity index (χ1) is 7.24. The van der Waals surface area contributed by atoms with Crippen molar-refractivity contribution in [2.75, 3.05) is 0 Å². The van der Waals surface area contributed by atoms with E-state index in [-0.39, 0.29) is 5.38 Å². The maximum atomic E-state index is 6.49.